The van der Waals surface area contributed by atoms with Gasteiger partial charge in [-0.05, 0) is 47.2 Å². The normalized spacial score (nSPS) is 18.6. The zero-order valence-corrected chi connectivity index (χ0v) is 13.7. The van der Waals surface area contributed by atoms with Gasteiger partial charge in [0.2, 0.25) is 10.0 Å². The number of aromatic carboxylic acids is 1. The zero-order chi connectivity index (χ0) is 15.1. The summed E-state index contributed by atoms with van der Waals surface area (Å²) in [5.41, 5.74) is -1.01. The Morgan fingerprint density at radius 2 is 2.05 bits per heavy atom. The lowest BCUT2D eigenvalue weighted by atomic mass is 9.94. The standard InChI is InChI=1S/C12H14INO5S/c1-2-12(17)6-14(7-12)20(18,19)8-3-4-10(13)9(5-8)11(15)16/h3-5,17H,2,6-7H2,1H3,(H,15,16). The van der Waals surface area contributed by atoms with E-state index in [-0.39, 0.29) is 23.5 Å². The van der Waals surface area contributed by atoms with Crippen LogP contribution in [0.1, 0.15) is 23.7 Å². The van der Waals surface area contributed by atoms with Crippen molar-refractivity contribution in [3.8, 4) is 0 Å². The van der Waals surface area contributed by atoms with E-state index in [4.69, 9.17) is 5.11 Å². The number of carbonyl (C=O) groups is 1. The second kappa shape index (κ2) is 5.24. The topological polar surface area (TPSA) is 94.9 Å². The van der Waals surface area contributed by atoms with Gasteiger partial charge in [-0.25, -0.2) is 13.2 Å². The Kier molecular flexibility index (Phi) is 4.11. The summed E-state index contributed by atoms with van der Waals surface area (Å²) in [5.74, 6) is -1.17. The van der Waals surface area contributed by atoms with E-state index in [9.17, 15) is 18.3 Å². The van der Waals surface area contributed by atoms with E-state index in [0.717, 1.165) is 10.4 Å². The van der Waals surface area contributed by atoms with E-state index in [0.29, 0.717) is 9.99 Å². The fourth-order valence-corrected chi connectivity index (χ4v) is 4.17. The molecule has 6 nitrogen and oxygen atoms in total. The average Bonchev–Trinajstić information content (AvgIpc) is 2.34. The highest BCUT2D eigenvalue weighted by molar-refractivity contribution is 14.1. The van der Waals surface area contributed by atoms with Crippen molar-refractivity contribution in [2.75, 3.05) is 13.1 Å². The van der Waals surface area contributed by atoms with Crippen LogP contribution >= 0.6 is 22.6 Å². The molecule has 8 heteroatoms. The van der Waals surface area contributed by atoms with Crippen LogP contribution in [0.15, 0.2) is 23.1 Å². The van der Waals surface area contributed by atoms with E-state index < -0.39 is 21.6 Å². The molecule has 1 aliphatic rings. The summed E-state index contributed by atoms with van der Waals surface area (Å²) in [7, 11) is -3.75. The molecule has 2 rings (SSSR count). The van der Waals surface area contributed by atoms with Crippen molar-refractivity contribution >= 4 is 38.6 Å². The van der Waals surface area contributed by atoms with Crippen molar-refractivity contribution in [2.45, 2.75) is 23.8 Å². The van der Waals surface area contributed by atoms with E-state index in [1.165, 1.54) is 12.1 Å². The van der Waals surface area contributed by atoms with Crippen molar-refractivity contribution in [2.24, 2.45) is 0 Å². The van der Waals surface area contributed by atoms with Gasteiger partial charge in [0.25, 0.3) is 0 Å². The maximum absolute atomic E-state index is 12.3. The van der Waals surface area contributed by atoms with Gasteiger partial charge in [-0.2, -0.15) is 4.31 Å². The van der Waals surface area contributed by atoms with Crippen LogP contribution in [-0.4, -0.2) is 47.6 Å². The van der Waals surface area contributed by atoms with Gasteiger partial charge in [0.05, 0.1) is 16.1 Å². The second-order valence-electron chi connectivity index (χ2n) is 4.80. The fraction of sp³-hybridized carbons (Fsp3) is 0.417. The number of carboxylic acids is 1. The Bertz CT molecular complexity index is 652. The Labute approximate surface area is 130 Å². The smallest absolute Gasteiger partial charge is 0.336 e. The minimum absolute atomic E-state index is 0.0419. The van der Waals surface area contributed by atoms with Crippen LogP contribution in [0.5, 0.6) is 0 Å². The van der Waals surface area contributed by atoms with Gasteiger partial charge in [-0.1, -0.05) is 6.92 Å². The lowest BCUT2D eigenvalue weighted by molar-refractivity contribution is -0.0613. The lowest BCUT2D eigenvalue weighted by Gasteiger charge is -2.44. The molecule has 20 heavy (non-hydrogen) atoms. The molecule has 0 atom stereocenters. The maximum Gasteiger partial charge on any atom is 0.336 e. The number of halogens is 1. The fourth-order valence-electron chi connectivity index (χ4n) is 1.98. The number of rotatable bonds is 4. The molecule has 0 unspecified atom stereocenters. The monoisotopic (exact) mass is 411 g/mol. The molecule has 0 radical (unpaired) electrons. The summed E-state index contributed by atoms with van der Waals surface area (Å²) in [5, 5.41) is 18.9. The molecule has 0 bridgehead atoms. The van der Waals surface area contributed by atoms with Crippen LogP contribution < -0.4 is 0 Å². The Morgan fingerprint density at radius 3 is 2.55 bits per heavy atom. The SMILES string of the molecule is CCC1(O)CN(S(=O)(=O)c2ccc(I)c(C(=O)O)c2)C1. The first-order valence-electron chi connectivity index (χ1n) is 5.95. The molecule has 2 N–H and O–H groups in total. The molecule has 0 aliphatic carbocycles. The highest BCUT2D eigenvalue weighted by atomic mass is 127. The van der Waals surface area contributed by atoms with E-state index in [1.54, 1.807) is 6.92 Å². The molecule has 1 aromatic carbocycles. The first-order chi connectivity index (χ1) is 9.19. The molecule has 0 amide bonds. The third kappa shape index (κ3) is 2.69. The molecule has 110 valence electrons. The number of carboxylic acid groups (broad SMARTS) is 1. The van der Waals surface area contributed by atoms with Gasteiger partial charge in [-0.15, -0.1) is 0 Å². The molecular weight excluding hydrogens is 397 g/mol. The van der Waals surface area contributed by atoms with Gasteiger partial charge in [-0.3, -0.25) is 0 Å². The summed E-state index contributed by atoms with van der Waals surface area (Å²) in [4.78, 5) is 11.0. The molecule has 1 saturated heterocycles. The molecule has 1 heterocycles. The Balaban J connectivity index is 2.32. The molecule has 0 aromatic heterocycles. The molecule has 1 fully saturated rings. The third-order valence-electron chi connectivity index (χ3n) is 3.41. The average molecular weight is 411 g/mol. The molecular formula is C12H14INO5S. The zero-order valence-electron chi connectivity index (χ0n) is 10.7. The number of aliphatic hydroxyl groups is 1. The van der Waals surface area contributed by atoms with Gasteiger partial charge >= 0.3 is 5.97 Å². The summed E-state index contributed by atoms with van der Waals surface area (Å²) < 4.78 is 26.3. The third-order valence-corrected chi connectivity index (χ3v) is 6.13. The van der Waals surface area contributed by atoms with Gasteiger partial charge < -0.3 is 10.2 Å². The lowest BCUT2D eigenvalue weighted by Crippen LogP contribution is -2.62. The summed E-state index contributed by atoms with van der Waals surface area (Å²) in [6, 6.07) is 4.00. The van der Waals surface area contributed by atoms with Crippen LogP contribution in [0, 0.1) is 3.57 Å². The Hall–Kier alpha value is -0.710. The van der Waals surface area contributed by atoms with Crippen LogP contribution in [0.2, 0.25) is 0 Å². The number of nitrogens with zero attached hydrogens (tertiary/aromatic N) is 1. The minimum Gasteiger partial charge on any atom is -0.478 e. The first kappa shape index (κ1) is 15.7. The van der Waals surface area contributed by atoms with Crippen LogP contribution in [0.3, 0.4) is 0 Å². The molecule has 1 aliphatic heterocycles. The minimum atomic E-state index is -3.75. The predicted octanol–water partition coefficient (Wildman–Crippen LogP) is 1.13. The predicted molar refractivity (Wildman–Crippen MR) is 80.1 cm³/mol. The summed E-state index contributed by atoms with van der Waals surface area (Å²) in [6.45, 7) is 1.87. The van der Waals surface area contributed by atoms with Gasteiger partial charge in [0.1, 0.15) is 0 Å². The highest BCUT2D eigenvalue weighted by Crippen LogP contribution is 2.31. The van der Waals surface area contributed by atoms with Gasteiger partial charge in [0, 0.05) is 16.7 Å². The van der Waals surface area contributed by atoms with Crippen molar-refractivity contribution in [1.82, 2.24) is 4.31 Å². The maximum atomic E-state index is 12.3. The number of benzene rings is 1. The van der Waals surface area contributed by atoms with Crippen molar-refractivity contribution in [3.63, 3.8) is 0 Å². The second-order valence-corrected chi connectivity index (χ2v) is 7.90. The van der Waals surface area contributed by atoms with Crippen molar-refractivity contribution in [3.05, 3.63) is 27.3 Å². The summed E-state index contributed by atoms with van der Waals surface area (Å²) in [6.07, 6.45) is 0.478. The van der Waals surface area contributed by atoms with E-state index in [1.807, 2.05) is 22.6 Å². The molecule has 1 aromatic rings. The number of hydrogen-bond donors (Lipinski definition) is 2. The number of sulfonamides is 1. The largest absolute Gasteiger partial charge is 0.478 e. The van der Waals surface area contributed by atoms with Crippen molar-refractivity contribution in [1.29, 1.82) is 0 Å². The van der Waals surface area contributed by atoms with Crippen molar-refractivity contribution < 1.29 is 23.4 Å². The van der Waals surface area contributed by atoms with Crippen LogP contribution in [0.25, 0.3) is 0 Å². The number of hydrogen-bond acceptors (Lipinski definition) is 4. The van der Waals surface area contributed by atoms with Crippen LogP contribution in [-0.2, 0) is 10.0 Å². The highest BCUT2D eigenvalue weighted by Gasteiger charge is 2.46. The molecule has 0 spiro atoms. The molecule has 0 saturated carbocycles. The summed E-state index contributed by atoms with van der Waals surface area (Å²) >= 11 is 1.84. The quantitative estimate of drug-likeness (QED) is 0.725. The van der Waals surface area contributed by atoms with Gasteiger partial charge in [0.15, 0.2) is 0 Å². The van der Waals surface area contributed by atoms with E-state index in [2.05, 4.69) is 0 Å². The van der Waals surface area contributed by atoms with Crippen LogP contribution in [0.4, 0.5) is 0 Å². The van der Waals surface area contributed by atoms with E-state index >= 15 is 0 Å². The number of β-amino-alcohol motifs (C(OH)–C–C–N with tert-alkyl or cyclic N) is 1. The Morgan fingerprint density at radius 1 is 1.45 bits per heavy atom. The first-order valence-corrected chi connectivity index (χ1v) is 8.47.